The van der Waals surface area contributed by atoms with Gasteiger partial charge < -0.3 is 9.73 Å². The number of hydrogen-bond donors (Lipinski definition) is 1. The molecule has 0 aliphatic carbocycles. The Hall–Kier alpha value is -1.76. The molecular weight excluding hydrogens is 204 g/mol. The zero-order valence-electron chi connectivity index (χ0n) is 10.3. The van der Waals surface area contributed by atoms with Gasteiger partial charge in [-0.1, -0.05) is 0 Å². The summed E-state index contributed by atoms with van der Waals surface area (Å²) in [7, 11) is 0. The number of hydrogen-bond acceptors (Lipinski definition) is 3. The maximum absolute atomic E-state index is 12.0. The van der Waals surface area contributed by atoms with Gasteiger partial charge in [-0.15, -0.1) is 0 Å². The summed E-state index contributed by atoms with van der Waals surface area (Å²) in [6.07, 6.45) is 0. The number of nitriles is 1. The largest absolute Gasteiger partial charge is 0.466 e. The molecule has 1 amide bonds. The lowest BCUT2D eigenvalue weighted by molar-refractivity contribution is 0.0927. The molecule has 1 aromatic rings. The highest BCUT2D eigenvalue weighted by Gasteiger charge is 2.24. The first-order valence-corrected chi connectivity index (χ1v) is 5.09. The molecule has 0 bridgehead atoms. The topological polar surface area (TPSA) is 66.0 Å². The van der Waals surface area contributed by atoms with E-state index < -0.39 is 5.54 Å². The standard InChI is InChI=1S/C12H16N2O2/c1-7-8(2)16-9(3)10(7)11(15)14-12(4,5)6-13/h1-5H3,(H,14,15). The first-order valence-electron chi connectivity index (χ1n) is 5.09. The van der Waals surface area contributed by atoms with E-state index >= 15 is 0 Å². The van der Waals surface area contributed by atoms with Crippen molar-refractivity contribution in [2.45, 2.75) is 40.2 Å². The van der Waals surface area contributed by atoms with Crippen molar-refractivity contribution in [3.05, 3.63) is 22.6 Å². The van der Waals surface area contributed by atoms with Crippen LogP contribution in [-0.2, 0) is 0 Å². The minimum atomic E-state index is -0.874. The lowest BCUT2D eigenvalue weighted by atomic mass is 10.1. The summed E-state index contributed by atoms with van der Waals surface area (Å²) < 4.78 is 5.37. The van der Waals surface area contributed by atoms with Gasteiger partial charge >= 0.3 is 0 Å². The number of amides is 1. The number of carbonyl (C=O) groups is 1. The fraction of sp³-hybridized carbons (Fsp3) is 0.500. The predicted octanol–water partition coefficient (Wildman–Crippen LogP) is 2.24. The Kier molecular flexibility index (Phi) is 3.09. The van der Waals surface area contributed by atoms with Crippen LogP contribution in [0.3, 0.4) is 0 Å². The molecule has 0 aliphatic rings. The molecule has 4 heteroatoms. The molecule has 86 valence electrons. The van der Waals surface area contributed by atoms with Crippen LogP contribution in [0.2, 0.25) is 0 Å². The third kappa shape index (κ3) is 2.25. The highest BCUT2D eigenvalue weighted by atomic mass is 16.3. The number of carbonyl (C=O) groups excluding carboxylic acids is 1. The van der Waals surface area contributed by atoms with Gasteiger partial charge in [-0.3, -0.25) is 4.79 Å². The summed E-state index contributed by atoms with van der Waals surface area (Å²) in [6.45, 7) is 8.70. The minimum absolute atomic E-state index is 0.265. The van der Waals surface area contributed by atoms with Gasteiger partial charge in [0.1, 0.15) is 17.1 Å². The van der Waals surface area contributed by atoms with Crippen LogP contribution in [0.1, 0.15) is 41.3 Å². The molecule has 4 nitrogen and oxygen atoms in total. The summed E-state index contributed by atoms with van der Waals surface area (Å²) in [6, 6.07) is 2.03. The fourth-order valence-corrected chi connectivity index (χ4v) is 1.50. The molecule has 0 unspecified atom stereocenters. The van der Waals surface area contributed by atoms with Gasteiger partial charge in [0.15, 0.2) is 0 Å². The molecule has 0 atom stereocenters. The van der Waals surface area contributed by atoms with E-state index in [-0.39, 0.29) is 5.91 Å². The molecule has 0 saturated heterocycles. The van der Waals surface area contributed by atoms with Gasteiger partial charge in [0, 0.05) is 5.56 Å². The molecule has 0 radical (unpaired) electrons. The predicted molar refractivity (Wildman–Crippen MR) is 60.1 cm³/mol. The van der Waals surface area contributed by atoms with Crippen molar-refractivity contribution in [1.82, 2.24) is 5.32 Å². The van der Waals surface area contributed by atoms with Crippen molar-refractivity contribution in [2.24, 2.45) is 0 Å². The highest BCUT2D eigenvalue weighted by Crippen LogP contribution is 2.21. The molecule has 1 aromatic heterocycles. The molecule has 0 spiro atoms. The SMILES string of the molecule is Cc1oc(C)c(C(=O)NC(C)(C)C#N)c1C. The Balaban J connectivity index is 3.03. The summed E-state index contributed by atoms with van der Waals surface area (Å²) in [4.78, 5) is 12.0. The van der Waals surface area contributed by atoms with Gasteiger partial charge in [0.05, 0.1) is 11.6 Å². The molecule has 0 aliphatic heterocycles. The maximum Gasteiger partial charge on any atom is 0.256 e. The lowest BCUT2D eigenvalue weighted by Crippen LogP contribution is -2.42. The second-order valence-corrected chi connectivity index (χ2v) is 4.41. The Bertz CT molecular complexity index is 464. The molecule has 16 heavy (non-hydrogen) atoms. The van der Waals surface area contributed by atoms with E-state index in [1.165, 1.54) is 0 Å². The highest BCUT2D eigenvalue weighted by molar-refractivity contribution is 5.97. The molecule has 1 N–H and O–H groups in total. The third-order valence-electron chi connectivity index (χ3n) is 2.49. The number of aryl methyl sites for hydroxylation is 2. The quantitative estimate of drug-likeness (QED) is 0.831. The van der Waals surface area contributed by atoms with Gasteiger partial charge in [-0.25, -0.2) is 0 Å². The van der Waals surface area contributed by atoms with Gasteiger partial charge in [-0.2, -0.15) is 5.26 Å². The van der Waals surface area contributed by atoms with Gasteiger partial charge in [0.2, 0.25) is 0 Å². The number of nitrogens with one attached hydrogen (secondary N) is 1. The van der Waals surface area contributed by atoms with Crippen LogP contribution in [0.15, 0.2) is 4.42 Å². The third-order valence-corrected chi connectivity index (χ3v) is 2.49. The average molecular weight is 220 g/mol. The second-order valence-electron chi connectivity index (χ2n) is 4.41. The van der Waals surface area contributed by atoms with Gasteiger partial charge in [0.25, 0.3) is 5.91 Å². The van der Waals surface area contributed by atoms with E-state index in [2.05, 4.69) is 5.32 Å². The van der Waals surface area contributed by atoms with Crippen LogP contribution in [0.5, 0.6) is 0 Å². The smallest absolute Gasteiger partial charge is 0.256 e. The molecule has 0 fully saturated rings. The first-order chi connectivity index (χ1) is 7.28. The van der Waals surface area contributed by atoms with Crippen molar-refractivity contribution in [3.8, 4) is 6.07 Å². The summed E-state index contributed by atoms with van der Waals surface area (Å²) >= 11 is 0. The second kappa shape index (κ2) is 4.01. The van der Waals surface area contributed by atoms with Crippen molar-refractivity contribution in [1.29, 1.82) is 5.26 Å². The Morgan fingerprint density at radius 1 is 1.31 bits per heavy atom. The van der Waals surface area contributed by atoms with Crippen LogP contribution in [0.25, 0.3) is 0 Å². The van der Waals surface area contributed by atoms with Crippen LogP contribution in [0.4, 0.5) is 0 Å². The van der Waals surface area contributed by atoms with E-state index in [9.17, 15) is 4.79 Å². The molecule has 0 aromatic carbocycles. The fourth-order valence-electron chi connectivity index (χ4n) is 1.50. The maximum atomic E-state index is 12.0. The molecule has 1 rings (SSSR count). The van der Waals surface area contributed by atoms with Crippen LogP contribution in [-0.4, -0.2) is 11.4 Å². The number of nitrogens with zero attached hydrogens (tertiary/aromatic N) is 1. The van der Waals surface area contributed by atoms with Crippen LogP contribution < -0.4 is 5.32 Å². The lowest BCUT2D eigenvalue weighted by Gasteiger charge is -2.17. The van der Waals surface area contributed by atoms with E-state index in [4.69, 9.17) is 9.68 Å². The van der Waals surface area contributed by atoms with E-state index in [1.807, 2.05) is 19.9 Å². The Morgan fingerprint density at radius 2 is 1.88 bits per heavy atom. The summed E-state index contributed by atoms with van der Waals surface area (Å²) in [5.74, 6) is 1.05. The van der Waals surface area contributed by atoms with E-state index in [0.29, 0.717) is 11.3 Å². The zero-order chi connectivity index (χ0) is 12.5. The minimum Gasteiger partial charge on any atom is -0.466 e. The van der Waals surface area contributed by atoms with E-state index in [0.717, 1.165) is 11.3 Å². The Labute approximate surface area is 95.2 Å². The number of furan rings is 1. The summed E-state index contributed by atoms with van der Waals surface area (Å²) in [5.41, 5.74) is 0.478. The zero-order valence-corrected chi connectivity index (χ0v) is 10.3. The number of rotatable bonds is 2. The normalized spacial score (nSPS) is 11.0. The first kappa shape index (κ1) is 12.3. The van der Waals surface area contributed by atoms with Crippen molar-refractivity contribution in [2.75, 3.05) is 0 Å². The Morgan fingerprint density at radius 3 is 2.25 bits per heavy atom. The average Bonchev–Trinajstić information content (AvgIpc) is 2.40. The van der Waals surface area contributed by atoms with Crippen molar-refractivity contribution >= 4 is 5.91 Å². The van der Waals surface area contributed by atoms with Crippen molar-refractivity contribution in [3.63, 3.8) is 0 Å². The van der Waals surface area contributed by atoms with Crippen LogP contribution in [0, 0.1) is 32.1 Å². The summed E-state index contributed by atoms with van der Waals surface area (Å²) in [5, 5.41) is 11.5. The van der Waals surface area contributed by atoms with E-state index in [1.54, 1.807) is 20.8 Å². The van der Waals surface area contributed by atoms with Crippen LogP contribution >= 0.6 is 0 Å². The van der Waals surface area contributed by atoms with Crippen molar-refractivity contribution < 1.29 is 9.21 Å². The van der Waals surface area contributed by atoms with Gasteiger partial charge in [-0.05, 0) is 34.6 Å². The molecule has 1 heterocycles. The molecule has 0 saturated carbocycles. The monoisotopic (exact) mass is 220 g/mol. The molecular formula is C12H16N2O2.